The third-order valence-corrected chi connectivity index (χ3v) is 28.0. The van der Waals surface area contributed by atoms with E-state index in [2.05, 4.69) is 425 Å². The fourth-order valence-electron chi connectivity index (χ4n) is 23.1. The molecule has 3 heteroatoms. The summed E-state index contributed by atoms with van der Waals surface area (Å²) >= 11 is 0. The molecule has 0 fully saturated rings. The van der Waals surface area contributed by atoms with Crippen LogP contribution in [0.25, 0.3) is 197 Å². The number of furan rings is 2. The molecule has 28 rings (SSSR count). The predicted molar refractivity (Wildman–Crippen MR) is 515 cm³/mol. The van der Waals surface area contributed by atoms with Crippen molar-refractivity contribution in [3.8, 4) is 89.4 Å². The molecular formula is C121H72O3. The minimum absolute atomic E-state index is 0.447. The summed E-state index contributed by atoms with van der Waals surface area (Å²) in [5, 5.41) is 22.4. The number of fused-ring (bicyclic) bond motifs is 20. The van der Waals surface area contributed by atoms with E-state index in [1.807, 2.05) is 0 Å². The van der Waals surface area contributed by atoms with Crippen LogP contribution in [0.3, 0.4) is 0 Å². The van der Waals surface area contributed by atoms with Crippen molar-refractivity contribution >= 4 is 119 Å². The third kappa shape index (κ3) is 9.55. The highest BCUT2D eigenvalue weighted by atomic mass is 16.5. The molecule has 24 aromatic rings. The highest BCUT2D eigenvalue weighted by Gasteiger charge is 2.53. The van der Waals surface area contributed by atoms with E-state index in [1.165, 1.54) is 208 Å². The molecule has 124 heavy (non-hydrogen) atoms. The molecule has 0 N–H and O–H groups in total. The molecule has 0 radical (unpaired) electrons. The van der Waals surface area contributed by atoms with Gasteiger partial charge in [-0.05, 0) is 259 Å². The molecule has 0 amide bonds. The van der Waals surface area contributed by atoms with Gasteiger partial charge in [0.15, 0.2) is 0 Å². The summed E-state index contributed by atoms with van der Waals surface area (Å²) in [5.41, 5.74) is 32.7. The first kappa shape index (κ1) is 68.9. The van der Waals surface area contributed by atoms with E-state index in [0.717, 1.165) is 62.5 Å². The van der Waals surface area contributed by atoms with E-state index in [-0.39, 0.29) is 0 Å². The summed E-state index contributed by atoms with van der Waals surface area (Å²) in [6.07, 6.45) is 0.929. The molecule has 0 bridgehead atoms. The van der Waals surface area contributed by atoms with Crippen LogP contribution in [0.15, 0.2) is 433 Å². The zero-order valence-corrected chi connectivity index (χ0v) is 67.3. The van der Waals surface area contributed by atoms with Gasteiger partial charge in [0.05, 0.1) is 10.8 Å². The normalized spacial score (nSPS) is 13.5. The number of ether oxygens (including phenoxy) is 1. The number of hydrogen-bond donors (Lipinski definition) is 0. The minimum atomic E-state index is -0.545. The Morgan fingerprint density at radius 3 is 1.03 bits per heavy atom. The molecule has 0 atom stereocenters. The van der Waals surface area contributed by atoms with Gasteiger partial charge in [0.25, 0.3) is 0 Å². The molecular weight excluding hydrogens is 1500 g/mol. The predicted octanol–water partition coefficient (Wildman–Crippen LogP) is 32.3. The number of para-hydroxylation sites is 2. The Kier molecular flexibility index (Phi) is 14.6. The fourth-order valence-corrected chi connectivity index (χ4v) is 23.1. The molecule has 0 unspecified atom stereocenters. The lowest BCUT2D eigenvalue weighted by Crippen LogP contribution is -2.34. The van der Waals surface area contributed by atoms with E-state index in [0.29, 0.717) is 0 Å². The van der Waals surface area contributed by atoms with Crippen LogP contribution < -0.4 is 4.74 Å². The Hall–Kier alpha value is -15.9. The average molecular weight is 1570 g/mol. The van der Waals surface area contributed by atoms with E-state index in [9.17, 15) is 0 Å². The van der Waals surface area contributed by atoms with Gasteiger partial charge in [-0.25, -0.2) is 0 Å². The van der Waals surface area contributed by atoms with Crippen molar-refractivity contribution in [2.45, 2.75) is 17.3 Å². The lowest BCUT2D eigenvalue weighted by Gasteiger charge is -2.40. The van der Waals surface area contributed by atoms with E-state index >= 15 is 0 Å². The summed E-state index contributed by atoms with van der Waals surface area (Å²) in [6, 6.07) is 157. The molecule has 0 saturated heterocycles. The highest BCUT2D eigenvalue weighted by Crippen LogP contribution is 2.65. The summed E-state index contributed by atoms with van der Waals surface area (Å²) in [4.78, 5) is 0. The molecule has 3 nitrogen and oxygen atoms in total. The van der Waals surface area contributed by atoms with Gasteiger partial charge in [-0.3, -0.25) is 0 Å². The van der Waals surface area contributed by atoms with Crippen LogP contribution in [0.5, 0.6) is 11.5 Å². The van der Waals surface area contributed by atoms with Gasteiger partial charge in [0.2, 0.25) is 0 Å². The van der Waals surface area contributed by atoms with Gasteiger partial charge in [0, 0.05) is 32.7 Å². The van der Waals surface area contributed by atoms with E-state index in [4.69, 9.17) is 13.6 Å². The topological polar surface area (TPSA) is 35.5 Å². The molecule has 3 heterocycles. The second-order valence-electron chi connectivity index (χ2n) is 34.0. The Bertz CT molecular complexity index is 8530. The Balaban J connectivity index is 0.000000130. The summed E-state index contributed by atoms with van der Waals surface area (Å²) in [7, 11) is 0. The monoisotopic (exact) mass is 1570 g/mol. The van der Waals surface area contributed by atoms with Gasteiger partial charge >= 0.3 is 0 Å². The Morgan fingerprint density at radius 2 is 0.516 bits per heavy atom. The Morgan fingerprint density at radius 1 is 0.177 bits per heavy atom. The van der Waals surface area contributed by atoms with Gasteiger partial charge < -0.3 is 13.6 Å². The number of rotatable bonds is 7. The second kappa shape index (κ2) is 26.3. The van der Waals surface area contributed by atoms with Crippen molar-refractivity contribution in [2.24, 2.45) is 0 Å². The van der Waals surface area contributed by atoms with Crippen LogP contribution in [0.1, 0.15) is 55.6 Å². The lowest BCUT2D eigenvalue weighted by molar-refractivity contribution is 0.436. The number of benzene rings is 22. The van der Waals surface area contributed by atoms with Crippen LogP contribution in [0, 0.1) is 0 Å². The first-order valence-corrected chi connectivity index (χ1v) is 43.1. The van der Waals surface area contributed by atoms with Gasteiger partial charge in [-0.15, -0.1) is 0 Å². The maximum Gasteiger partial charge on any atom is 0.136 e. The van der Waals surface area contributed by atoms with Crippen LogP contribution in [-0.4, -0.2) is 0 Å². The van der Waals surface area contributed by atoms with Crippen molar-refractivity contribution < 1.29 is 13.6 Å². The zero-order chi connectivity index (χ0) is 81.0. The number of hydrogen-bond acceptors (Lipinski definition) is 3. The largest absolute Gasteiger partial charge is 0.457 e. The van der Waals surface area contributed by atoms with Crippen molar-refractivity contribution in [3.05, 3.63) is 480 Å². The maximum absolute atomic E-state index is 6.82. The van der Waals surface area contributed by atoms with Gasteiger partial charge in [0.1, 0.15) is 33.8 Å². The standard InChI is InChI=1S/C62H38O.C59H34O2/c1-2-15-38(16-3-1)39-29-31-40(32-30-39)58-47-21-8-10-23-49(47)59(50-24-11-9-22-48(50)58)51-34-33-44(45-19-6-7-20-46(45)51)43-36-55-61-57(37-43)63-56-28-14-27-54(60(56)61)62(55)52-25-12-4-17-41(52)35-42-18-5-13-26-53(42)62;1-2-15-39-37(14-1)32-46(41-17-4-3-16-40(39)41)56-44-20-7-5-18-42(44)55(43-19-6-8-21-45(43)56)36-30-28-35(29-31-36)38-33-50-58-54(34-38)61-53-27-13-24-49(57(53)58)59(50)47-22-9-11-25-51(47)60-52-26-12-10-23-48(52)59/h1-34,36-37H,35H2;1-34H. The highest BCUT2D eigenvalue weighted by molar-refractivity contribution is 6.28. The van der Waals surface area contributed by atoms with Crippen molar-refractivity contribution in [3.63, 3.8) is 0 Å². The molecule has 22 aromatic carbocycles. The Labute approximate surface area is 714 Å². The molecule has 2 spiro atoms. The molecule has 2 aromatic heterocycles. The fraction of sp³-hybridized carbons (Fsp3) is 0.0248. The van der Waals surface area contributed by atoms with Crippen LogP contribution in [0.4, 0.5) is 0 Å². The van der Waals surface area contributed by atoms with Crippen molar-refractivity contribution in [2.75, 3.05) is 0 Å². The van der Waals surface area contributed by atoms with E-state index in [1.54, 1.807) is 0 Å². The smallest absolute Gasteiger partial charge is 0.136 e. The average Bonchev–Trinajstić information content (AvgIpc) is 1.50. The van der Waals surface area contributed by atoms with Crippen molar-refractivity contribution in [1.29, 1.82) is 0 Å². The van der Waals surface area contributed by atoms with Gasteiger partial charge in [-0.2, -0.15) is 0 Å². The van der Waals surface area contributed by atoms with Crippen LogP contribution in [0.2, 0.25) is 0 Å². The summed E-state index contributed by atoms with van der Waals surface area (Å²) in [5.74, 6) is 1.78. The lowest BCUT2D eigenvalue weighted by atomic mass is 9.61. The summed E-state index contributed by atoms with van der Waals surface area (Å²) < 4.78 is 20.1. The first-order valence-electron chi connectivity index (χ1n) is 43.1. The third-order valence-electron chi connectivity index (χ3n) is 28.0. The molecule has 4 aliphatic rings. The van der Waals surface area contributed by atoms with Gasteiger partial charge in [-0.1, -0.05) is 370 Å². The quantitative estimate of drug-likeness (QED) is 0.118. The minimum Gasteiger partial charge on any atom is -0.457 e. The van der Waals surface area contributed by atoms with Crippen LogP contribution in [-0.2, 0) is 17.3 Å². The van der Waals surface area contributed by atoms with E-state index < -0.39 is 10.8 Å². The first-order chi connectivity index (χ1) is 61.5. The zero-order valence-electron chi connectivity index (χ0n) is 67.3. The maximum atomic E-state index is 6.82. The summed E-state index contributed by atoms with van der Waals surface area (Å²) in [6.45, 7) is 0. The van der Waals surface area contributed by atoms with Crippen molar-refractivity contribution in [1.82, 2.24) is 0 Å². The molecule has 0 saturated carbocycles. The SMILES string of the molecule is c1ccc(-c2ccc(-c3c4ccccc4c(-c4ccc(-c5cc6c7c(c5)oc5cccc(c57)C65c6ccccc6Cc6ccccc65)c5ccccc45)c4ccccc34)cc2)cc1.c1ccc2c(c1)Oc1ccccc1C21c2cccc3oc4cc(-c5ccc(-c6c7ccccc7c(-c7cc8ccccc8c8ccccc78)c7ccccc67)cc5)cc1c4c23. The molecule has 3 aliphatic carbocycles. The molecule has 574 valence electrons. The van der Waals surface area contributed by atoms with Crippen LogP contribution >= 0.6 is 0 Å². The second-order valence-corrected chi connectivity index (χ2v) is 34.0. The molecule has 1 aliphatic heterocycles.